The van der Waals surface area contributed by atoms with Gasteiger partial charge in [-0.1, -0.05) is 6.92 Å². The van der Waals surface area contributed by atoms with Crippen LogP contribution >= 0.6 is 0 Å². The van der Waals surface area contributed by atoms with Crippen molar-refractivity contribution in [2.75, 3.05) is 19.7 Å². The van der Waals surface area contributed by atoms with Gasteiger partial charge in [-0.3, -0.25) is 4.79 Å². The van der Waals surface area contributed by atoms with Gasteiger partial charge in [-0.2, -0.15) is 4.31 Å². The maximum absolute atomic E-state index is 13.4. The van der Waals surface area contributed by atoms with Crippen molar-refractivity contribution in [2.45, 2.75) is 94.5 Å². The number of aryl methyl sites for hydroxylation is 1. The fourth-order valence-corrected chi connectivity index (χ4v) is 6.63. The van der Waals surface area contributed by atoms with Crippen molar-refractivity contribution in [1.82, 2.24) is 14.6 Å². The minimum Gasteiger partial charge on any atom is -0.480 e. The van der Waals surface area contributed by atoms with E-state index < -0.39 is 27.5 Å². The Kier molecular flexibility index (Phi) is 8.75. The number of hydrogen-bond donors (Lipinski definition) is 2. The average molecular weight is 518 g/mol. The number of hydrogen-bond acceptors (Lipinski definition) is 6. The summed E-state index contributed by atoms with van der Waals surface area (Å²) >= 11 is 0. The number of aliphatic carboxylic acids is 1. The van der Waals surface area contributed by atoms with Crippen LogP contribution in [0.5, 0.6) is 5.88 Å². The molecular formula is C24H37F2N3O5S. The van der Waals surface area contributed by atoms with Crippen LogP contribution in [0.1, 0.15) is 70.9 Å². The van der Waals surface area contributed by atoms with E-state index in [-0.39, 0.29) is 55.1 Å². The molecule has 1 aliphatic carbocycles. The van der Waals surface area contributed by atoms with Crippen LogP contribution in [0.4, 0.5) is 8.78 Å². The predicted molar refractivity (Wildman–Crippen MR) is 127 cm³/mol. The van der Waals surface area contributed by atoms with Crippen molar-refractivity contribution >= 4 is 16.0 Å². The van der Waals surface area contributed by atoms with E-state index in [1.165, 1.54) is 13.0 Å². The highest BCUT2D eigenvalue weighted by molar-refractivity contribution is 7.89. The van der Waals surface area contributed by atoms with Crippen LogP contribution in [0.2, 0.25) is 0 Å². The minimum absolute atomic E-state index is 0.0157. The Hall–Kier alpha value is -1.85. The zero-order valence-electron chi connectivity index (χ0n) is 20.7. The van der Waals surface area contributed by atoms with E-state index in [9.17, 15) is 27.1 Å². The zero-order chi connectivity index (χ0) is 25.9. The standard InChI is InChI=1S/C24H37F2N3O5S/c1-17(9-14-27-19-7-12-24(25,26)13-8-19)10-16-34-21-20(6-5-18(2)28-21)35(32,33)29-15-4-11-23(29,3)22(30)31/h5-6,17,19,27H,4,7-16H2,1-3H3,(H,30,31)/t17-,23-/m0/s1. The highest BCUT2D eigenvalue weighted by Gasteiger charge is 2.50. The molecule has 198 valence electrons. The first-order chi connectivity index (χ1) is 16.3. The van der Waals surface area contributed by atoms with Gasteiger partial charge in [0.25, 0.3) is 0 Å². The topological polar surface area (TPSA) is 109 Å². The van der Waals surface area contributed by atoms with E-state index in [0.29, 0.717) is 31.4 Å². The van der Waals surface area contributed by atoms with Crippen LogP contribution in [0.3, 0.4) is 0 Å². The second-order valence-corrected chi connectivity index (χ2v) is 12.0. The van der Waals surface area contributed by atoms with Gasteiger partial charge in [0, 0.05) is 31.1 Å². The number of halogens is 2. The fraction of sp³-hybridized carbons (Fsp3) is 0.750. The molecule has 2 aliphatic rings. The molecule has 8 nitrogen and oxygen atoms in total. The SMILES string of the molecule is Cc1ccc(S(=O)(=O)N2CCC[C@@]2(C)C(=O)O)c(OCC[C@@H](C)CCNC2CCC(F)(F)CC2)n1. The second kappa shape index (κ2) is 11.0. The van der Waals surface area contributed by atoms with Crippen molar-refractivity contribution in [2.24, 2.45) is 5.92 Å². The minimum atomic E-state index is -4.12. The normalized spacial score (nSPS) is 24.4. The first-order valence-electron chi connectivity index (χ1n) is 12.3. The molecule has 1 aromatic rings. The lowest BCUT2D eigenvalue weighted by Gasteiger charge is -2.30. The van der Waals surface area contributed by atoms with Crippen LogP contribution in [-0.2, 0) is 14.8 Å². The number of nitrogens with zero attached hydrogens (tertiary/aromatic N) is 2. The van der Waals surface area contributed by atoms with Crippen LogP contribution in [0, 0.1) is 12.8 Å². The lowest BCUT2D eigenvalue weighted by Crippen LogP contribution is -2.50. The molecule has 0 radical (unpaired) electrons. The third kappa shape index (κ3) is 6.68. The molecule has 0 unspecified atom stereocenters. The van der Waals surface area contributed by atoms with Crippen molar-refractivity contribution in [1.29, 1.82) is 0 Å². The summed E-state index contributed by atoms with van der Waals surface area (Å²) in [5.74, 6) is -3.45. The molecule has 1 aromatic heterocycles. The quantitative estimate of drug-likeness (QED) is 0.457. The van der Waals surface area contributed by atoms with Gasteiger partial charge in [-0.25, -0.2) is 22.2 Å². The van der Waals surface area contributed by atoms with Gasteiger partial charge < -0.3 is 15.2 Å². The summed E-state index contributed by atoms with van der Waals surface area (Å²) < 4.78 is 60.2. The Morgan fingerprint density at radius 3 is 2.63 bits per heavy atom. The summed E-state index contributed by atoms with van der Waals surface area (Å²) in [5, 5.41) is 13.0. The molecule has 0 spiro atoms. The van der Waals surface area contributed by atoms with Gasteiger partial charge in [0.15, 0.2) is 0 Å². The Balaban J connectivity index is 1.55. The number of pyridine rings is 1. The van der Waals surface area contributed by atoms with Gasteiger partial charge >= 0.3 is 5.97 Å². The Morgan fingerprint density at radius 1 is 1.29 bits per heavy atom. The zero-order valence-corrected chi connectivity index (χ0v) is 21.5. The summed E-state index contributed by atoms with van der Waals surface area (Å²) in [6, 6.07) is 3.13. The van der Waals surface area contributed by atoms with E-state index in [4.69, 9.17) is 4.74 Å². The smallest absolute Gasteiger partial charge is 0.324 e. The van der Waals surface area contributed by atoms with Crippen molar-refractivity contribution in [3.8, 4) is 5.88 Å². The van der Waals surface area contributed by atoms with Crippen LogP contribution in [0.25, 0.3) is 0 Å². The molecule has 0 aromatic carbocycles. The number of alkyl halides is 2. The molecule has 0 amide bonds. The van der Waals surface area contributed by atoms with Gasteiger partial charge in [0.05, 0.1) is 6.61 Å². The molecule has 2 N–H and O–H groups in total. The Bertz CT molecular complexity index is 997. The molecule has 35 heavy (non-hydrogen) atoms. The van der Waals surface area contributed by atoms with E-state index >= 15 is 0 Å². The lowest BCUT2D eigenvalue weighted by atomic mass is 9.92. The second-order valence-electron chi connectivity index (χ2n) is 10.1. The molecule has 2 fully saturated rings. The van der Waals surface area contributed by atoms with E-state index in [1.54, 1.807) is 13.0 Å². The highest BCUT2D eigenvalue weighted by atomic mass is 32.2. The number of carbonyl (C=O) groups is 1. The maximum Gasteiger partial charge on any atom is 0.324 e. The average Bonchev–Trinajstić information content (AvgIpc) is 3.19. The first-order valence-corrected chi connectivity index (χ1v) is 13.8. The molecule has 0 bridgehead atoms. The van der Waals surface area contributed by atoms with E-state index in [2.05, 4.69) is 17.2 Å². The lowest BCUT2D eigenvalue weighted by molar-refractivity contribution is -0.146. The third-order valence-electron chi connectivity index (χ3n) is 7.21. The van der Waals surface area contributed by atoms with E-state index in [0.717, 1.165) is 17.3 Å². The molecule has 3 rings (SSSR count). The summed E-state index contributed by atoms with van der Waals surface area (Å²) in [5.41, 5.74) is -0.909. The number of aromatic nitrogens is 1. The molecule has 2 atom stereocenters. The predicted octanol–water partition coefficient (Wildman–Crippen LogP) is 3.98. The van der Waals surface area contributed by atoms with Crippen molar-refractivity contribution < 1.29 is 31.8 Å². The first kappa shape index (κ1) is 27.7. The summed E-state index contributed by atoms with van der Waals surface area (Å²) in [7, 11) is -4.12. The number of rotatable bonds is 11. The third-order valence-corrected chi connectivity index (χ3v) is 9.24. The van der Waals surface area contributed by atoms with Gasteiger partial charge in [-0.15, -0.1) is 0 Å². The Morgan fingerprint density at radius 2 is 1.97 bits per heavy atom. The number of carboxylic acids is 1. The molecule has 11 heteroatoms. The highest BCUT2D eigenvalue weighted by Crippen LogP contribution is 2.37. The maximum atomic E-state index is 13.4. The van der Waals surface area contributed by atoms with Crippen LogP contribution < -0.4 is 10.1 Å². The fourth-order valence-electron chi connectivity index (χ4n) is 4.76. The molecular weight excluding hydrogens is 480 g/mol. The molecule has 1 saturated carbocycles. The monoisotopic (exact) mass is 517 g/mol. The number of nitrogens with one attached hydrogen (secondary N) is 1. The largest absolute Gasteiger partial charge is 0.480 e. The number of ether oxygens (including phenoxy) is 1. The molecule has 2 heterocycles. The van der Waals surface area contributed by atoms with Crippen molar-refractivity contribution in [3.63, 3.8) is 0 Å². The van der Waals surface area contributed by atoms with Crippen molar-refractivity contribution in [3.05, 3.63) is 17.8 Å². The Labute approximate surface area is 206 Å². The number of sulfonamides is 1. The number of carboxylic acid groups (broad SMARTS) is 1. The summed E-state index contributed by atoms with van der Waals surface area (Å²) in [6.07, 6.45) is 3.05. The molecule has 1 aliphatic heterocycles. The van der Waals surface area contributed by atoms with E-state index in [1.807, 2.05) is 0 Å². The summed E-state index contributed by atoms with van der Waals surface area (Å²) in [6.45, 7) is 6.33. The van der Waals surface area contributed by atoms with Crippen LogP contribution in [0.15, 0.2) is 17.0 Å². The summed E-state index contributed by atoms with van der Waals surface area (Å²) in [4.78, 5) is 16.0. The molecule has 1 saturated heterocycles. The van der Waals surface area contributed by atoms with Crippen LogP contribution in [-0.4, -0.2) is 66.0 Å². The van der Waals surface area contributed by atoms with Gasteiger partial charge in [0.2, 0.25) is 21.8 Å². The van der Waals surface area contributed by atoms with Gasteiger partial charge in [-0.05, 0) is 77.0 Å². The van der Waals surface area contributed by atoms with Gasteiger partial charge in [0.1, 0.15) is 10.4 Å².